The van der Waals surface area contributed by atoms with Crippen molar-refractivity contribution in [2.75, 3.05) is 13.2 Å². The Balaban J connectivity index is 1.58. The third kappa shape index (κ3) is 5.60. The van der Waals surface area contributed by atoms with Gasteiger partial charge in [0.15, 0.2) is 6.29 Å². The average Bonchev–Trinajstić information content (AvgIpc) is 3.25. The molecule has 0 aromatic rings. The first-order valence-electron chi connectivity index (χ1n) is 17.2. The van der Waals surface area contributed by atoms with Crippen molar-refractivity contribution < 1.29 is 45.2 Å². The van der Waals surface area contributed by atoms with Crippen LogP contribution in [0, 0.1) is 45.3 Å². The number of fused-ring (bicyclic) bond motifs is 5. The van der Waals surface area contributed by atoms with E-state index in [1.807, 2.05) is 6.08 Å². The number of ether oxygens (including phenoxy) is 2. The minimum Gasteiger partial charge on any atom is -0.396 e. The van der Waals surface area contributed by atoms with E-state index in [2.05, 4.69) is 46.8 Å². The van der Waals surface area contributed by atoms with Gasteiger partial charge >= 0.3 is 0 Å². The van der Waals surface area contributed by atoms with Gasteiger partial charge in [0.25, 0.3) is 0 Å². The SMILES string of the molecule is C[C@H](CC=CC(C)(C)O)[C@H]1CC[C@@]2(C)[C@@H]3[C@@H](O[C@@H]4O[C@H](CO)[C@@H](O)[C@H](O)[C@H]4O)C=C4[C@@H](CC[C@H](O)C4(C)C)[C@]3(CO)CC[C@]12C. The van der Waals surface area contributed by atoms with Crippen molar-refractivity contribution in [3.05, 3.63) is 23.8 Å². The summed E-state index contributed by atoms with van der Waals surface area (Å²) in [6.07, 6.45) is 3.98. The van der Waals surface area contributed by atoms with Crippen LogP contribution in [0.4, 0.5) is 0 Å². The number of aliphatic hydroxyl groups excluding tert-OH is 6. The predicted octanol–water partition coefficient (Wildman–Crippen LogP) is 3.07. The van der Waals surface area contributed by atoms with Crippen LogP contribution in [-0.2, 0) is 9.47 Å². The summed E-state index contributed by atoms with van der Waals surface area (Å²) >= 11 is 0. The third-order valence-corrected chi connectivity index (χ3v) is 13.7. The lowest BCUT2D eigenvalue weighted by molar-refractivity contribution is -0.324. The fourth-order valence-electron chi connectivity index (χ4n) is 10.9. The minimum atomic E-state index is -1.55. The monoisotopic (exact) mass is 636 g/mol. The molecule has 9 heteroatoms. The number of hydrogen-bond donors (Lipinski definition) is 7. The summed E-state index contributed by atoms with van der Waals surface area (Å²) in [7, 11) is 0. The molecule has 0 spiro atoms. The molecule has 0 aromatic carbocycles. The van der Waals surface area contributed by atoms with Crippen molar-refractivity contribution >= 4 is 0 Å². The molecule has 0 amide bonds. The number of hydrogen-bond acceptors (Lipinski definition) is 9. The first kappa shape index (κ1) is 35.4. The van der Waals surface area contributed by atoms with Gasteiger partial charge in [0.05, 0.1) is 24.4 Å². The zero-order valence-electron chi connectivity index (χ0n) is 28.4. The van der Waals surface area contributed by atoms with Gasteiger partial charge in [-0.1, -0.05) is 58.4 Å². The summed E-state index contributed by atoms with van der Waals surface area (Å²) in [5.41, 5.74) is -1.20. The summed E-state index contributed by atoms with van der Waals surface area (Å²) in [6, 6.07) is 0. The van der Waals surface area contributed by atoms with Crippen LogP contribution < -0.4 is 0 Å². The predicted molar refractivity (Wildman–Crippen MR) is 170 cm³/mol. The smallest absolute Gasteiger partial charge is 0.187 e. The van der Waals surface area contributed by atoms with E-state index in [-0.39, 0.29) is 29.3 Å². The number of aliphatic hydroxyl groups is 7. The molecule has 1 heterocycles. The highest BCUT2D eigenvalue weighted by atomic mass is 16.7. The van der Waals surface area contributed by atoms with E-state index in [9.17, 15) is 35.7 Å². The summed E-state index contributed by atoms with van der Waals surface area (Å²) in [6.45, 7) is 14.2. The maximum absolute atomic E-state index is 11.5. The fraction of sp³-hybridized carbons (Fsp3) is 0.889. The second-order valence-electron chi connectivity index (χ2n) is 16.9. The van der Waals surface area contributed by atoms with Crippen LogP contribution in [-0.4, -0.2) is 97.5 Å². The van der Waals surface area contributed by atoms with Crippen LogP contribution in [0.3, 0.4) is 0 Å². The fourth-order valence-corrected chi connectivity index (χ4v) is 10.9. The van der Waals surface area contributed by atoms with Gasteiger partial charge in [-0.2, -0.15) is 0 Å². The molecule has 3 saturated carbocycles. The Morgan fingerprint density at radius 1 is 0.956 bits per heavy atom. The zero-order chi connectivity index (χ0) is 33.3. The Hall–Kier alpha value is -0.880. The highest BCUT2D eigenvalue weighted by Gasteiger charge is 2.71. The molecule has 5 aliphatic rings. The highest BCUT2D eigenvalue weighted by molar-refractivity contribution is 5.33. The molecule has 0 bridgehead atoms. The van der Waals surface area contributed by atoms with Gasteiger partial charge in [0, 0.05) is 23.4 Å². The zero-order valence-corrected chi connectivity index (χ0v) is 28.4. The van der Waals surface area contributed by atoms with Crippen LogP contribution in [0.2, 0.25) is 0 Å². The quantitative estimate of drug-likeness (QED) is 0.199. The van der Waals surface area contributed by atoms with Gasteiger partial charge < -0.3 is 45.2 Å². The molecule has 0 aromatic heterocycles. The van der Waals surface area contributed by atoms with Crippen LogP contribution in [0.15, 0.2) is 23.8 Å². The molecule has 0 radical (unpaired) electrons. The molecule has 45 heavy (non-hydrogen) atoms. The maximum atomic E-state index is 11.5. The maximum Gasteiger partial charge on any atom is 0.187 e. The number of rotatable bonds is 8. The summed E-state index contributed by atoms with van der Waals surface area (Å²) in [4.78, 5) is 0. The van der Waals surface area contributed by atoms with Crippen molar-refractivity contribution in [1.29, 1.82) is 0 Å². The van der Waals surface area contributed by atoms with E-state index >= 15 is 0 Å². The second kappa shape index (κ2) is 12.2. The minimum absolute atomic E-state index is 0.0272. The number of allylic oxidation sites excluding steroid dienone is 1. The molecule has 5 rings (SSSR count). The van der Waals surface area contributed by atoms with Crippen molar-refractivity contribution in [1.82, 2.24) is 0 Å². The van der Waals surface area contributed by atoms with E-state index in [4.69, 9.17) is 9.47 Å². The Labute approximate surface area is 269 Å². The van der Waals surface area contributed by atoms with Crippen LogP contribution in [0.25, 0.3) is 0 Å². The lowest BCUT2D eigenvalue weighted by Gasteiger charge is -2.67. The molecule has 14 atom stereocenters. The van der Waals surface area contributed by atoms with Crippen molar-refractivity contribution in [2.24, 2.45) is 45.3 Å². The van der Waals surface area contributed by atoms with Gasteiger partial charge in [0.2, 0.25) is 0 Å². The molecule has 1 saturated heterocycles. The second-order valence-corrected chi connectivity index (χ2v) is 16.9. The molecule has 0 unspecified atom stereocenters. The van der Waals surface area contributed by atoms with E-state index in [0.29, 0.717) is 18.3 Å². The van der Waals surface area contributed by atoms with Crippen LogP contribution >= 0.6 is 0 Å². The van der Waals surface area contributed by atoms with Crippen molar-refractivity contribution in [3.8, 4) is 0 Å². The van der Waals surface area contributed by atoms with Gasteiger partial charge in [-0.05, 0) is 87.4 Å². The Bertz CT molecular complexity index is 1130. The summed E-state index contributed by atoms with van der Waals surface area (Å²) in [5.74, 6) is 0.701. The third-order valence-electron chi connectivity index (χ3n) is 13.7. The topological polar surface area (TPSA) is 160 Å². The molecule has 4 aliphatic carbocycles. The highest BCUT2D eigenvalue weighted by Crippen LogP contribution is 2.75. The molecular weight excluding hydrogens is 576 g/mol. The Morgan fingerprint density at radius 2 is 1.64 bits per heavy atom. The first-order chi connectivity index (χ1) is 20.9. The van der Waals surface area contributed by atoms with Crippen molar-refractivity contribution in [3.63, 3.8) is 0 Å². The molecule has 4 fully saturated rings. The molecule has 7 N–H and O–H groups in total. The molecular formula is C36H60O9. The van der Waals surface area contributed by atoms with Crippen LogP contribution in [0.1, 0.15) is 93.4 Å². The molecule has 1 aliphatic heterocycles. The van der Waals surface area contributed by atoms with Crippen molar-refractivity contribution in [2.45, 2.75) is 142 Å². The van der Waals surface area contributed by atoms with E-state index in [0.717, 1.165) is 44.1 Å². The Kier molecular flexibility index (Phi) is 9.62. The normalized spacial score (nSPS) is 48.8. The van der Waals surface area contributed by atoms with Gasteiger partial charge in [-0.15, -0.1) is 0 Å². The summed E-state index contributed by atoms with van der Waals surface area (Å²) in [5, 5.41) is 74.8. The Morgan fingerprint density at radius 3 is 2.27 bits per heavy atom. The first-order valence-corrected chi connectivity index (χ1v) is 17.2. The standard InChI is InChI=1S/C36H60O9/c1-20(9-8-13-32(2,3)43)21-12-14-35(7)30-24(44-31-29(42)28(41)27(40)25(18-37)45-31)17-23-22(10-11-26(39)33(23,4)5)36(30,19-38)16-15-34(21,35)6/h8,13,17,20-22,24-31,37-43H,9-12,14-16,18-19H2,1-7H3/t20-,21-,22-,24+,25-,26+,27-,28+,29-,30+,31-,34-,35+,36-/m1/s1. The van der Waals surface area contributed by atoms with E-state index < -0.39 is 66.0 Å². The van der Waals surface area contributed by atoms with Gasteiger partial charge in [0.1, 0.15) is 24.4 Å². The largest absolute Gasteiger partial charge is 0.396 e. The van der Waals surface area contributed by atoms with Gasteiger partial charge in [-0.3, -0.25) is 0 Å². The van der Waals surface area contributed by atoms with Gasteiger partial charge in [-0.25, -0.2) is 0 Å². The van der Waals surface area contributed by atoms with E-state index in [1.165, 1.54) is 0 Å². The summed E-state index contributed by atoms with van der Waals surface area (Å²) < 4.78 is 12.6. The average molecular weight is 637 g/mol. The molecule has 9 nitrogen and oxygen atoms in total. The lowest BCUT2D eigenvalue weighted by Crippen LogP contribution is -2.66. The lowest BCUT2D eigenvalue weighted by atomic mass is 9.38. The van der Waals surface area contributed by atoms with Crippen LogP contribution in [0.5, 0.6) is 0 Å². The van der Waals surface area contributed by atoms with E-state index in [1.54, 1.807) is 13.8 Å². The molecule has 258 valence electrons.